The number of hydrogen-bond acceptors (Lipinski definition) is 4. The third kappa shape index (κ3) is 5.95. The van der Waals surface area contributed by atoms with Crippen LogP contribution in [-0.4, -0.2) is 19.3 Å². The molecular weight excluding hydrogens is 350 g/mol. The van der Waals surface area contributed by atoms with Crippen molar-refractivity contribution in [1.29, 1.82) is 0 Å². The van der Waals surface area contributed by atoms with Crippen LogP contribution in [0.4, 0.5) is 5.69 Å². The summed E-state index contributed by atoms with van der Waals surface area (Å²) in [6, 6.07) is 25.8. The molecule has 0 aliphatic rings. The summed E-state index contributed by atoms with van der Waals surface area (Å²) in [4.78, 5) is 0. The zero-order chi connectivity index (χ0) is 19.6. The Morgan fingerprint density at radius 3 is 2.14 bits per heavy atom. The van der Waals surface area contributed by atoms with Crippen LogP contribution < -0.4 is 19.5 Å². The third-order valence-corrected chi connectivity index (χ3v) is 4.04. The van der Waals surface area contributed by atoms with E-state index in [2.05, 4.69) is 11.4 Å². The second-order valence-corrected chi connectivity index (χ2v) is 6.63. The molecule has 0 saturated carbocycles. The predicted molar refractivity (Wildman–Crippen MR) is 113 cm³/mol. The molecule has 4 heteroatoms. The van der Waals surface area contributed by atoms with E-state index in [0.717, 1.165) is 28.5 Å². The molecule has 0 bridgehead atoms. The Balaban J connectivity index is 1.55. The van der Waals surface area contributed by atoms with Crippen LogP contribution in [0.15, 0.2) is 78.9 Å². The van der Waals surface area contributed by atoms with Gasteiger partial charge in [0.25, 0.3) is 0 Å². The van der Waals surface area contributed by atoms with Gasteiger partial charge in [-0.2, -0.15) is 0 Å². The minimum absolute atomic E-state index is 0.128. The van der Waals surface area contributed by atoms with Crippen molar-refractivity contribution in [1.82, 2.24) is 0 Å². The molecule has 4 nitrogen and oxygen atoms in total. The van der Waals surface area contributed by atoms with Crippen molar-refractivity contribution in [3.8, 4) is 17.2 Å². The number of benzene rings is 3. The molecular formula is C24H27NO3. The van der Waals surface area contributed by atoms with Crippen molar-refractivity contribution in [2.24, 2.45) is 0 Å². The predicted octanol–water partition coefficient (Wildman–Crippen LogP) is 5.54. The van der Waals surface area contributed by atoms with Crippen LogP contribution in [0.5, 0.6) is 17.2 Å². The lowest BCUT2D eigenvalue weighted by Crippen LogP contribution is -2.11. The number of rotatable bonds is 10. The lowest BCUT2D eigenvalue weighted by atomic mass is 10.2. The van der Waals surface area contributed by atoms with Gasteiger partial charge in [-0.1, -0.05) is 48.5 Å². The van der Waals surface area contributed by atoms with Crippen LogP contribution in [0.25, 0.3) is 0 Å². The Bertz CT molecular complexity index is 849. The van der Waals surface area contributed by atoms with Gasteiger partial charge in [0, 0.05) is 12.1 Å². The van der Waals surface area contributed by atoms with Gasteiger partial charge in [-0.05, 0) is 44.2 Å². The Kier molecular flexibility index (Phi) is 7.19. The van der Waals surface area contributed by atoms with E-state index in [0.29, 0.717) is 19.8 Å². The smallest absolute Gasteiger partial charge is 0.142 e. The van der Waals surface area contributed by atoms with Crippen molar-refractivity contribution in [2.45, 2.75) is 26.5 Å². The molecule has 3 aromatic rings. The summed E-state index contributed by atoms with van der Waals surface area (Å²) < 4.78 is 17.5. The van der Waals surface area contributed by atoms with Gasteiger partial charge in [-0.3, -0.25) is 0 Å². The first-order valence-corrected chi connectivity index (χ1v) is 9.60. The lowest BCUT2D eigenvalue weighted by Gasteiger charge is -2.17. The molecule has 0 fully saturated rings. The van der Waals surface area contributed by atoms with Gasteiger partial charge in [0.15, 0.2) is 0 Å². The maximum atomic E-state index is 5.95. The third-order valence-electron chi connectivity index (χ3n) is 4.04. The molecule has 0 aliphatic carbocycles. The maximum Gasteiger partial charge on any atom is 0.142 e. The molecule has 3 rings (SSSR count). The van der Waals surface area contributed by atoms with Gasteiger partial charge in [-0.25, -0.2) is 0 Å². The van der Waals surface area contributed by atoms with Crippen LogP contribution in [0.2, 0.25) is 0 Å². The zero-order valence-corrected chi connectivity index (χ0v) is 16.4. The minimum Gasteiger partial charge on any atom is -0.490 e. The van der Waals surface area contributed by atoms with E-state index in [-0.39, 0.29) is 6.10 Å². The molecule has 0 saturated heterocycles. The highest BCUT2D eigenvalue weighted by Gasteiger charge is 2.07. The first-order chi connectivity index (χ1) is 13.7. The van der Waals surface area contributed by atoms with E-state index in [1.165, 1.54) is 0 Å². The number of ether oxygens (including phenoxy) is 3. The van der Waals surface area contributed by atoms with Gasteiger partial charge < -0.3 is 19.5 Å². The quantitative estimate of drug-likeness (QED) is 0.471. The van der Waals surface area contributed by atoms with Gasteiger partial charge >= 0.3 is 0 Å². The summed E-state index contributed by atoms with van der Waals surface area (Å²) in [5.74, 6) is 2.56. The fourth-order valence-corrected chi connectivity index (χ4v) is 2.78. The average molecular weight is 377 g/mol. The van der Waals surface area contributed by atoms with E-state index in [1.54, 1.807) is 0 Å². The zero-order valence-electron chi connectivity index (χ0n) is 16.4. The fourth-order valence-electron chi connectivity index (χ4n) is 2.78. The standard InChI is InChI=1S/C24H27NO3/c1-19(2)28-24-15-9-7-13-22(24)25-18-20-10-6-8-14-23(20)27-17-16-26-21-11-4-3-5-12-21/h3-15,19,25H,16-18H2,1-2H3. The van der Waals surface area contributed by atoms with Crippen LogP contribution >= 0.6 is 0 Å². The molecule has 0 amide bonds. The number of anilines is 1. The molecule has 0 spiro atoms. The number of para-hydroxylation sites is 4. The van der Waals surface area contributed by atoms with E-state index >= 15 is 0 Å². The molecule has 0 heterocycles. The summed E-state index contributed by atoms with van der Waals surface area (Å²) >= 11 is 0. The van der Waals surface area contributed by atoms with Crippen molar-refractivity contribution in [2.75, 3.05) is 18.5 Å². The summed E-state index contributed by atoms with van der Waals surface area (Å²) in [5.41, 5.74) is 2.06. The van der Waals surface area contributed by atoms with E-state index in [9.17, 15) is 0 Å². The second kappa shape index (κ2) is 10.3. The van der Waals surface area contributed by atoms with Crippen molar-refractivity contribution >= 4 is 5.69 Å². The summed E-state index contributed by atoms with van der Waals surface area (Å²) in [6.07, 6.45) is 0.128. The van der Waals surface area contributed by atoms with Crippen molar-refractivity contribution in [3.05, 3.63) is 84.4 Å². The van der Waals surface area contributed by atoms with Gasteiger partial charge in [0.2, 0.25) is 0 Å². The molecule has 0 aliphatic heterocycles. The highest BCUT2D eigenvalue weighted by Crippen LogP contribution is 2.27. The van der Waals surface area contributed by atoms with Crippen molar-refractivity contribution in [3.63, 3.8) is 0 Å². The first-order valence-electron chi connectivity index (χ1n) is 9.60. The molecule has 0 aromatic heterocycles. The van der Waals surface area contributed by atoms with Gasteiger partial charge in [-0.15, -0.1) is 0 Å². The number of nitrogens with one attached hydrogen (secondary N) is 1. The number of hydrogen-bond donors (Lipinski definition) is 1. The normalized spacial score (nSPS) is 10.5. The first kappa shape index (κ1) is 19.6. The summed E-state index contributed by atoms with van der Waals surface area (Å²) in [6.45, 7) is 5.68. The van der Waals surface area contributed by atoms with Gasteiger partial charge in [0.05, 0.1) is 11.8 Å². The molecule has 28 heavy (non-hydrogen) atoms. The van der Waals surface area contributed by atoms with Crippen LogP contribution in [0.1, 0.15) is 19.4 Å². The highest BCUT2D eigenvalue weighted by atomic mass is 16.5. The Hall–Kier alpha value is -3.14. The Morgan fingerprint density at radius 1 is 0.714 bits per heavy atom. The monoisotopic (exact) mass is 377 g/mol. The topological polar surface area (TPSA) is 39.7 Å². The largest absolute Gasteiger partial charge is 0.490 e. The minimum atomic E-state index is 0.128. The van der Waals surface area contributed by atoms with Crippen molar-refractivity contribution < 1.29 is 14.2 Å². The van der Waals surface area contributed by atoms with E-state index in [1.807, 2.05) is 86.6 Å². The van der Waals surface area contributed by atoms with Gasteiger partial charge in [0.1, 0.15) is 30.5 Å². The van der Waals surface area contributed by atoms with E-state index in [4.69, 9.17) is 14.2 Å². The Morgan fingerprint density at radius 2 is 1.36 bits per heavy atom. The highest BCUT2D eigenvalue weighted by molar-refractivity contribution is 5.56. The molecule has 0 unspecified atom stereocenters. The molecule has 1 N–H and O–H groups in total. The molecule has 146 valence electrons. The van der Waals surface area contributed by atoms with Crippen LogP contribution in [-0.2, 0) is 6.54 Å². The Labute approximate surface area is 167 Å². The molecule has 3 aromatic carbocycles. The lowest BCUT2D eigenvalue weighted by molar-refractivity contribution is 0.216. The average Bonchev–Trinajstić information content (AvgIpc) is 2.72. The molecule has 0 radical (unpaired) electrons. The SMILES string of the molecule is CC(C)Oc1ccccc1NCc1ccccc1OCCOc1ccccc1. The van der Waals surface area contributed by atoms with Crippen LogP contribution in [0.3, 0.4) is 0 Å². The maximum absolute atomic E-state index is 5.95. The van der Waals surface area contributed by atoms with Crippen LogP contribution in [0, 0.1) is 0 Å². The van der Waals surface area contributed by atoms with E-state index < -0.39 is 0 Å². The summed E-state index contributed by atoms with van der Waals surface area (Å²) in [7, 11) is 0. The fraction of sp³-hybridized carbons (Fsp3) is 0.250. The second-order valence-electron chi connectivity index (χ2n) is 6.63. The summed E-state index contributed by atoms with van der Waals surface area (Å²) in [5, 5.41) is 3.46. The molecule has 0 atom stereocenters.